The summed E-state index contributed by atoms with van der Waals surface area (Å²) < 4.78 is 31.0. The van der Waals surface area contributed by atoms with Crippen molar-refractivity contribution in [3.05, 3.63) is 29.8 Å². The average Bonchev–Trinajstić information content (AvgIpc) is 2.45. The maximum atomic E-state index is 12.0. The molecule has 1 aromatic rings. The standard InChI is InChI=1S/C12H19N3O4S/c1-19-6-5-14-12(16)9-15-20(17,18)11-4-2-3-10(7-11)8-13/h2-4,7,15H,5-6,8-9,13H2,1H3,(H,14,16). The van der Waals surface area contributed by atoms with Gasteiger partial charge in [0.1, 0.15) is 0 Å². The predicted octanol–water partition coefficient (Wildman–Crippen LogP) is -0.814. The highest BCUT2D eigenvalue weighted by Gasteiger charge is 2.15. The van der Waals surface area contributed by atoms with Crippen molar-refractivity contribution in [1.82, 2.24) is 10.0 Å². The van der Waals surface area contributed by atoms with E-state index in [-0.39, 0.29) is 18.0 Å². The van der Waals surface area contributed by atoms with Gasteiger partial charge in [0.15, 0.2) is 0 Å². The zero-order valence-corrected chi connectivity index (χ0v) is 12.1. The van der Waals surface area contributed by atoms with Gasteiger partial charge in [-0.25, -0.2) is 13.1 Å². The molecule has 1 amide bonds. The molecule has 1 rings (SSSR count). The number of carbonyl (C=O) groups excluding carboxylic acids is 1. The van der Waals surface area contributed by atoms with Crippen LogP contribution in [0.3, 0.4) is 0 Å². The Morgan fingerprint density at radius 2 is 2.15 bits per heavy atom. The second-order valence-electron chi connectivity index (χ2n) is 4.02. The lowest BCUT2D eigenvalue weighted by Gasteiger charge is -2.08. The van der Waals surface area contributed by atoms with Crippen LogP contribution in [0.15, 0.2) is 29.2 Å². The van der Waals surface area contributed by atoms with Gasteiger partial charge in [-0.15, -0.1) is 0 Å². The number of amides is 1. The van der Waals surface area contributed by atoms with E-state index in [1.54, 1.807) is 12.1 Å². The van der Waals surface area contributed by atoms with Crippen LogP contribution in [0.1, 0.15) is 5.56 Å². The van der Waals surface area contributed by atoms with Gasteiger partial charge < -0.3 is 15.8 Å². The van der Waals surface area contributed by atoms with Crippen LogP contribution in [-0.4, -0.2) is 41.1 Å². The van der Waals surface area contributed by atoms with Crippen LogP contribution in [0, 0.1) is 0 Å². The minimum atomic E-state index is -3.72. The van der Waals surface area contributed by atoms with Crippen molar-refractivity contribution in [1.29, 1.82) is 0 Å². The van der Waals surface area contributed by atoms with E-state index in [1.165, 1.54) is 19.2 Å². The normalized spacial score (nSPS) is 11.3. The van der Waals surface area contributed by atoms with Crippen LogP contribution < -0.4 is 15.8 Å². The van der Waals surface area contributed by atoms with E-state index in [0.29, 0.717) is 18.7 Å². The van der Waals surface area contributed by atoms with Crippen LogP contribution in [-0.2, 0) is 26.1 Å². The number of ether oxygens (including phenoxy) is 1. The Kier molecular flexibility index (Phi) is 6.59. The summed E-state index contributed by atoms with van der Waals surface area (Å²) >= 11 is 0. The molecule has 7 nitrogen and oxygen atoms in total. The summed E-state index contributed by atoms with van der Waals surface area (Å²) in [5, 5.41) is 2.52. The van der Waals surface area contributed by atoms with E-state index in [1.807, 2.05) is 0 Å². The molecular weight excluding hydrogens is 282 g/mol. The van der Waals surface area contributed by atoms with Gasteiger partial charge in [-0.2, -0.15) is 0 Å². The number of carbonyl (C=O) groups is 1. The van der Waals surface area contributed by atoms with Crippen molar-refractivity contribution < 1.29 is 17.9 Å². The monoisotopic (exact) mass is 301 g/mol. The Morgan fingerprint density at radius 3 is 2.80 bits per heavy atom. The van der Waals surface area contributed by atoms with E-state index < -0.39 is 15.9 Å². The second kappa shape index (κ2) is 7.95. The first-order valence-corrected chi connectivity index (χ1v) is 7.52. The minimum absolute atomic E-state index is 0.0881. The summed E-state index contributed by atoms with van der Waals surface area (Å²) in [5.74, 6) is -0.416. The van der Waals surface area contributed by atoms with Gasteiger partial charge in [-0.1, -0.05) is 12.1 Å². The molecule has 1 aromatic carbocycles. The summed E-state index contributed by atoms with van der Waals surface area (Å²) in [6, 6.07) is 6.27. The highest BCUT2D eigenvalue weighted by Crippen LogP contribution is 2.10. The average molecular weight is 301 g/mol. The Morgan fingerprint density at radius 1 is 1.40 bits per heavy atom. The molecule has 0 heterocycles. The highest BCUT2D eigenvalue weighted by molar-refractivity contribution is 7.89. The number of benzene rings is 1. The molecule has 0 unspecified atom stereocenters. The van der Waals surface area contributed by atoms with Gasteiger partial charge in [0.25, 0.3) is 0 Å². The summed E-state index contributed by atoms with van der Waals surface area (Å²) in [6.45, 7) is 0.635. The molecule has 112 valence electrons. The fourth-order valence-electron chi connectivity index (χ4n) is 1.44. The number of nitrogens with one attached hydrogen (secondary N) is 2. The lowest BCUT2D eigenvalue weighted by atomic mass is 10.2. The number of hydrogen-bond acceptors (Lipinski definition) is 5. The SMILES string of the molecule is COCCNC(=O)CNS(=O)(=O)c1cccc(CN)c1. The van der Waals surface area contributed by atoms with Crippen LogP contribution >= 0.6 is 0 Å². The quantitative estimate of drug-likeness (QED) is 0.544. The zero-order valence-electron chi connectivity index (χ0n) is 11.3. The Balaban J connectivity index is 2.59. The summed E-state index contributed by atoms with van der Waals surface area (Å²) in [5.41, 5.74) is 6.17. The van der Waals surface area contributed by atoms with Gasteiger partial charge in [-0.05, 0) is 17.7 Å². The third kappa shape index (κ3) is 5.25. The smallest absolute Gasteiger partial charge is 0.241 e. The largest absolute Gasteiger partial charge is 0.383 e. The first-order valence-electron chi connectivity index (χ1n) is 6.04. The molecule has 0 aliphatic carbocycles. The first kappa shape index (κ1) is 16.6. The Labute approximate surface area is 118 Å². The van der Waals surface area contributed by atoms with Gasteiger partial charge >= 0.3 is 0 Å². The van der Waals surface area contributed by atoms with E-state index in [4.69, 9.17) is 10.5 Å². The Hall–Kier alpha value is -1.48. The van der Waals surface area contributed by atoms with E-state index >= 15 is 0 Å². The van der Waals surface area contributed by atoms with Crippen molar-refractivity contribution in [2.24, 2.45) is 5.73 Å². The fourth-order valence-corrected chi connectivity index (χ4v) is 2.49. The van der Waals surface area contributed by atoms with Gasteiger partial charge in [0.05, 0.1) is 18.0 Å². The van der Waals surface area contributed by atoms with Crippen LogP contribution in [0.2, 0.25) is 0 Å². The molecule has 0 aliphatic heterocycles. The highest BCUT2D eigenvalue weighted by atomic mass is 32.2. The molecule has 0 atom stereocenters. The number of sulfonamides is 1. The van der Waals surface area contributed by atoms with Crippen LogP contribution in [0.25, 0.3) is 0 Å². The molecule has 0 aliphatic rings. The first-order chi connectivity index (χ1) is 9.49. The molecule has 0 spiro atoms. The molecule has 0 aromatic heterocycles. The zero-order chi connectivity index (χ0) is 15.0. The molecule has 0 radical (unpaired) electrons. The third-order valence-corrected chi connectivity index (χ3v) is 3.89. The van der Waals surface area contributed by atoms with Gasteiger partial charge in [0.2, 0.25) is 15.9 Å². The summed E-state index contributed by atoms with van der Waals surface area (Å²) in [6.07, 6.45) is 0. The van der Waals surface area contributed by atoms with Crippen LogP contribution in [0.5, 0.6) is 0 Å². The van der Waals surface area contributed by atoms with Gasteiger partial charge in [-0.3, -0.25) is 4.79 Å². The van der Waals surface area contributed by atoms with Crippen molar-refractivity contribution >= 4 is 15.9 Å². The van der Waals surface area contributed by atoms with Crippen molar-refractivity contribution in [2.45, 2.75) is 11.4 Å². The molecular formula is C12H19N3O4S. The predicted molar refractivity (Wildman–Crippen MR) is 74.4 cm³/mol. The number of rotatable bonds is 8. The molecule has 0 bridgehead atoms. The van der Waals surface area contributed by atoms with E-state index in [0.717, 1.165) is 0 Å². The minimum Gasteiger partial charge on any atom is -0.383 e. The van der Waals surface area contributed by atoms with E-state index in [9.17, 15) is 13.2 Å². The van der Waals surface area contributed by atoms with Crippen molar-refractivity contribution in [2.75, 3.05) is 26.8 Å². The Bertz CT molecular complexity index is 545. The summed E-state index contributed by atoms with van der Waals surface area (Å²) in [4.78, 5) is 11.5. The van der Waals surface area contributed by atoms with Crippen molar-refractivity contribution in [3.63, 3.8) is 0 Å². The molecule has 20 heavy (non-hydrogen) atoms. The maximum absolute atomic E-state index is 12.0. The lowest BCUT2D eigenvalue weighted by Crippen LogP contribution is -2.38. The summed E-state index contributed by atoms with van der Waals surface area (Å²) in [7, 11) is -2.20. The topological polar surface area (TPSA) is 111 Å². The van der Waals surface area contributed by atoms with Crippen LogP contribution in [0.4, 0.5) is 0 Å². The molecule has 8 heteroatoms. The fraction of sp³-hybridized carbons (Fsp3) is 0.417. The molecule has 0 fully saturated rings. The lowest BCUT2D eigenvalue weighted by molar-refractivity contribution is -0.120. The second-order valence-corrected chi connectivity index (χ2v) is 5.79. The molecule has 4 N–H and O–H groups in total. The number of hydrogen-bond donors (Lipinski definition) is 3. The van der Waals surface area contributed by atoms with Crippen molar-refractivity contribution in [3.8, 4) is 0 Å². The van der Waals surface area contributed by atoms with E-state index in [2.05, 4.69) is 10.0 Å². The number of nitrogens with two attached hydrogens (primary N) is 1. The van der Waals surface area contributed by atoms with Gasteiger partial charge in [0, 0.05) is 20.2 Å². The number of methoxy groups -OCH3 is 1. The molecule has 0 saturated heterocycles. The third-order valence-electron chi connectivity index (χ3n) is 2.50. The molecule has 0 saturated carbocycles. The maximum Gasteiger partial charge on any atom is 0.241 e.